The largest absolute Gasteiger partial charge is 0.359 e. The fraction of sp³-hybridized carbons (Fsp3) is 0.778. The maximum absolute atomic E-state index is 5.41. The number of likely N-dealkylation sites (tertiary alicyclic amines) is 1. The van der Waals surface area contributed by atoms with Gasteiger partial charge in [0.1, 0.15) is 0 Å². The lowest BCUT2D eigenvalue weighted by atomic mass is 9.73. The lowest BCUT2D eigenvalue weighted by Gasteiger charge is -2.33. The van der Waals surface area contributed by atoms with Gasteiger partial charge in [-0.2, -0.15) is 0 Å². The fourth-order valence-corrected chi connectivity index (χ4v) is 4.01. The van der Waals surface area contributed by atoms with Crippen molar-refractivity contribution < 1.29 is 4.52 Å². The van der Waals surface area contributed by atoms with Crippen molar-refractivity contribution in [2.24, 2.45) is 10.4 Å². The summed E-state index contributed by atoms with van der Waals surface area (Å²) in [5.41, 5.74) is 1.56. The van der Waals surface area contributed by atoms with Crippen LogP contribution in [0.15, 0.2) is 15.6 Å². The summed E-state index contributed by atoms with van der Waals surface area (Å²) in [4.78, 5) is 6.90. The van der Waals surface area contributed by atoms with Gasteiger partial charge in [0.15, 0.2) is 11.7 Å². The van der Waals surface area contributed by atoms with Crippen LogP contribution in [0, 0.1) is 5.41 Å². The topological polar surface area (TPSA) is 53.7 Å². The molecular formula is C18H30N4O. The van der Waals surface area contributed by atoms with Crippen LogP contribution in [0.1, 0.15) is 69.7 Å². The van der Waals surface area contributed by atoms with E-state index in [0.717, 1.165) is 30.5 Å². The number of rotatable bonds is 3. The van der Waals surface area contributed by atoms with Crippen LogP contribution >= 0.6 is 0 Å². The Morgan fingerprint density at radius 3 is 2.78 bits per heavy atom. The van der Waals surface area contributed by atoms with Crippen molar-refractivity contribution in [3.63, 3.8) is 0 Å². The van der Waals surface area contributed by atoms with Crippen LogP contribution in [0.2, 0.25) is 0 Å². The van der Waals surface area contributed by atoms with Crippen molar-refractivity contribution >= 4 is 5.96 Å². The van der Waals surface area contributed by atoms with Crippen LogP contribution in [0.3, 0.4) is 0 Å². The van der Waals surface area contributed by atoms with E-state index in [-0.39, 0.29) is 0 Å². The Balaban J connectivity index is 1.56. The summed E-state index contributed by atoms with van der Waals surface area (Å²) in [6, 6.07) is 2.04. The highest BCUT2D eigenvalue weighted by Gasteiger charge is 2.39. The molecule has 5 nitrogen and oxygen atoms in total. The summed E-state index contributed by atoms with van der Waals surface area (Å²) >= 11 is 0. The first-order valence-corrected chi connectivity index (χ1v) is 9.03. The van der Waals surface area contributed by atoms with Crippen LogP contribution in [0.25, 0.3) is 0 Å². The Bertz CT molecular complexity index is 543. The van der Waals surface area contributed by atoms with E-state index in [1.165, 1.54) is 38.5 Å². The van der Waals surface area contributed by atoms with Gasteiger partial charge in [0, 0.05) is 26.2 Å². The number of nitrogens with zero attached hydrogens (tertiary/aromatic N) is 3. The average Bonchev–Trinajstić information content (AvgIpc) is 3.17. The van der Waals surface area contributed by atoms with Crippen molar-refractivity contribution in [3.05, 3.63) is 17.5 Å². The Labute approximate surface area is 139 Å². The predicted molar refractivity (Wildman–Crippen MR) is 92.5 cm³/mol. The van der Waals surface area contributed by atoms with E-state index in [1.807, 2.05) is 13.1 Å². The number of guanidine groups is 1. The summed E-state index contributed by atoms with van der Waals surface area (Å²) in [5.74, 6) is 2.27. The van der Waals surface area contributed by atoms with E-state index in [4.69, 9.17) is 4.52 Å². The van der Waals surface area contributed by atoms with Gasteiger partial charge in [0.2, 0.25) is 0 Å². The molecule has 0 radical (unpaired) electrons. The highest BCUT2D eigenvalue weighted by Crippen LogP contribution is 2.43. The highest BCUT2D eigenvalue weighted by atomic mass is 16.5. The Hall–Kier alpha value is -1.52. The van der Waals surface area contributed by atoms with E-state index in [9.17, 15) is 0 Å². The molecule has 2 fully saturated rings. The van der Waals surface area contributed by atoms with Gasteiger partial charge in [-0.05, 0) is 30.6 Å². The smallest absolute Gasteiger partial charge is 0.194 e. The molecule has 1 aromatic heterocycles. The van der Waals surface area contributed by atoms with Gasteiger partial charge >= 0.3 is 0 Å². The van der Waals surface area contributed by atoms with E-state index in [0.29, 0.717) is 17.9 Å². The molecule has 0 unspecified atom stereocenters. The summed E-state index contributed by atoms with van der Waals surface area (Å²) < 4.78 is 5.41. The molecule has 5 heteroatoms. The van der Waals surface area contributed by atoms with Gasteiger partial charge in [0.05, 0.1) is 12.2 Å². The normalized spacial score (nSPS) is 21.4. The predicted octanol–water partition coefficient (Wildman–Crippen LogP) is 3.53. The molecule has 0 atom stereocenters. The maximum Gasteiger partial charge on any atom is 0.194 e. The number of nitrogens with one attached hydrogen (secondary N) is 1. The molecule has 1 aliphatic heterocycles. The van der Waals surface area contributed by atoms with Crippen molar-refractivity contribution in [2.45, 2.75) is 64.8 Å². The maximum atomic E-state index is 5.41. The summed E-state index contributed by atoms with van der Waals surface area (Å²) in [5, 5.41) is 7.56. The monoisotopic (exact) mass is 318 g/mol. The Morgan fingerprint density at radius 1 is 1.35 bits per heavy atom. The van der Waals surface area contributed by atoms with Crippen molar-refractivity contribution in [2.75, 3.05) is 20.1 Å². The minimum atomic E-state index is 0.400. The number of aromatic nitrogens is 1. The zero-order valence-corrected chi connectivity index (χ0v) is 14.8. The molecular weight excluding hydrogens is 288 g/mol. The first-order valence-electron chi connectivity index (χ1n) is 9.03. The van der Waals surface area contributed by atoms with Crippen LogP contribution < -0.4 is 5.32 Å². The molecule has 0 bridgehead atoms. The highest BCUT2D eigenvalue weighted by molar-refractivity contribution is 5.80. The molecule has 1 spiro atoms. The third-order valence-electron chi connectivity index (χ3n) is 5.45. The van der Waals surface area contributed by atoms with Crippen LogP contribution in [-0.4, -0.2) is 36.2 Å². The van der Waals surface area contributed by atoms with Gasteiger partial charge in [-0.1, -0.05) is 38.3 Å². The van der Waals surface area contributed by atoms with Crippen LogP contribution in [0.4, 0.5) is 0 Å². The second kappa shape index (κ2) is 6.93. The quantitative estimate of drug-likeness (QED) is 0.684. The summed E-state index contributed by atoms with van der Waals surface area (Å²) in [7, 11) is 1.87. The Kier molecular flexibility index (Phi) is 4.93. The van der Waals surface area contributed by atoms with E-state index in [1.54, 1.807) is 0 Å². The zero-order valence-electron chi connectivity index (χ0n) is 14.8. The Morgan fingerprint density at radius 2 is 2.13 bits per heavy atom. The van der Waals surface area contributed by atoms with Gasteiger partial charge < -0.3 is 14.7 Å². The van der Waals surface area contributed by atoms with E-state index >= 15 is 0 Å². The molecule has 2 heterocycles. The van der Waals surface area contributed by atoms with Crippen LogP contribution in [-0.2, 0) is 6.54 Å². The van der Waals surface area contributed by atoms with Crippen molar-refractivity contribution in [1.29, 1.82) is 0 Å². The average molecular weight is 318 g/mol. The molecule has 0 amide bonds. The third kappa shape index (κ3) is 3.70. The SMILES string of the molecule is CN=C(NCc1cc(C(C)C)no1)N1CCC2(CCCCC2)C1. The first-order chi connectivity index (χ1) is 11.1. The molecule has 23 heavy (non-hydrogen) atoms. The van der Waals surface area contributed by atoms with Gasteiger partial charge in [-0.15, -0.1) is 0 Å². The fourth-order valence-electron chi connectivity index (χ4n) is 4.01. The zero-order chi connectivity index (χ0) is 16.3. The molecule has 1 saturated heterocycles. The lowest BCUT2D eigenvalue weighted by molar-refractivity contribution is 0.203. The molecule has 1 aromatic rings. The summed E-state index contributed by atoms with van der Waals surface area (Å²) in [6.45, 7) is 7.17. The minimum Gasteiger partial charge on any atom is -0.359 e. The second-order valence-electron chi connectivity index (χ2n) is 7.51. The van der Waals surface area contributed by atoms with Gasteiger partial charge in [0.25, 0.3) is 0 Å². The minimum absolute atomic E-state index is 0.400. The third-order valence-corrected chi connectivity index (χ3v) is 5.45. The summed E-state index contributed by atoms with van der Waals surface area (Å²) in [6.07, 6.45) is 8.30. The number of hydrogen-bond donors (Lipinski definition) is 1. The molecule has 2 aliphatic rings. The van der Waals surface area contributed by atoms with Gasteiger partial charge in [-0.25, -0.2) is 0 Å². The van der Waals surface area contributed by atoms with E-state index in [2.05, 4.69) is 34.2 Å². The molecule has 0 aromatic carbocycles. The van der Waals surface area contributed by atoms with Crippen LogP contribution in [0.5, 0.6) is 0 Å². The molecule has 1 aliphatic carbocycles. The van der Waals surface area contributed by atoms with Crippen molar-refractivity contribution in [1.82, 2.24) is 15.4 Å². The van der Waals surface area contributed by atoms with E-state index < -0.39 is 0 Å². The van der Waals surface area contributed by atoms with Gasteiger partial charge in [-0.3, -0.25) is 4.99 Å². The standard InChI is InChI=1S/C18H30N4O/c1-14(2)16-11-15(23-21-16)12-20-17(19-3)22-10-9-18(13-22)7-5-4-6-8-18/h11,14H,4-10,12-13H2,1-3H3,(H,19,20). The lowest BCUT2D eigenvalue weighted by Crippen LogP contribution is -2.41. The molecule has 3 rings (SSSR count). The first kappa shape index (κ1) is 16.3. The van der Waals surface area contributed by atoms with Crippen molar-refractivity contribution in [3.8, 4) is 0 Å². The molecule has 1 saturated carbocycles. The number of hydrogen-bond acceptors (Lipinski definition) is 3. The number of aliphatic imine (C=N–C) groups is 1. The molecule has 1 N–H and O–H groups in total. The molecule has 128 valence electrons. The second-order valence-corrected chi connectivity index (χ2v) is 7.51.